The van der Waals surface area contributed by atoms with E-state index in [1.807, 2.05) is 109 Å². The molecule has 42 heavy (non-hydrogen) atoms. The van der Waals surface area contributed by atoms with Crippen molar-refractivity contribution in [2.45, 2.75) is 6.92 Å². The van der Waals surface area contributed by atoms with Crippen LogP contribution in [0.2, 0.25) is 0 Å². The third-order valence-corrected chi connectivity index (χ3v) is 7.32. The number of ether oxygens (including phenoxy) is 2. The summed E-state index contributed by atoms with van der Waals surface area (Å²) in [5.41, 5.74) is 4.11. The molecule has 0 spiro atoms. The van der Waals surface area contributed by atoms with Gasteiger partial charge in [-0.05, 0) is 73.2 Å². The van der Waals surface area contributed by atoms with Crippen molar-refractivity contribution in [3.8, 4) is 28.4 Å². The molecule has 0 radical (unpaired) electrons. The van der Waals surface area contributed by atoms with Gasteiger partial charge in [0.15, 0.2) is 5.82 Å². The Morgan fingerprint density at radius 1 is 0.905 bits per heavy atom. The summed E-state index contributed by atoms with van der Waals surface area (Å²) in [5, 5.41) is 9.30. The lowest BCUT2D eigenvalue weighted by atomic mass is 10.1. The van der Waals surface area contributed by atoms with Crippen LogP contribution in [0.4, 0.5) is 0 Å². The number of nitrogens with zero attached hydrogens (tertiary/aromatic N) is 5. The average molecular weight is 574 g/mol. The van der Waals surface area contributed by atoms with Gasteiger partial charge in [0.2, 0.25) is 4.96 Å². The molecule has 3 heterocycles. The van der Waals surface area contributed by atoms with Crippen molar-refractivity contribution in [2.24, 2.45) is 0 Å². The fourth-order valence-electron chi connectivity index (χ4n) is 4.37. The monoisotopic (exact) mass is 573 g/mol. The SMILES string of the molecule is C=CCOc1ccc(-c2nn(-c3ccccc3)cc2/C=c2\sc3nc(/C=C/c4ccc(OCC)cc4)nn3c2=O)cc1. The first-order valence-electron chi connectivity index (χ1n) is 13.4. The van der Waals surface area contributed by atoms with Crippen molar-refractivity contribution in [1.29, 1.82) is 0 Å². The van der Waals surface area contributed by atoms with Crippen molar-refractivity contribution >= 4 is 34.5 Å². The second-order valence-electron chi connectivity index (χ2n) is 9.25. The van der Waals surface area contributed by atoms with E-state index in [0.717, 1.165) is 39.6 Å². The van der Waals surface area contributed by atoms with E-state index in [9.17, 15) is 4.79 Å². The van der Waals surface area contributed by atoms with Crippen LogP contribution in [0.1, 0.15) is 23.9 Å². The maximum Gasteiger partial charge on any atom is 0.291 e. The summed E-state index contributed by atoms with van der Waals surface area (Å²) in [5.74, 6) is 2.03. The van der Waals surface area contributed by atoms with Gasteiger partial charge in [-0.15, -0.1) is 5.10 Å². The highest BCUT2D eigenvalue weighted by Gasteiger charge is 2.14. The van der Waals surface area contributed by atoms with Crippen molar-refractivity contribution < 1.29 is 9.47 Å². The number of fused-ring (bicyclic) bond motifs is 1. The summed E-state index contributed by atoms with van der Waals surface area (Å²) >= 11 is 1.29. The molecule has 208 valence electrons. The number of hydrogen-bond donors (Lipinski definition) is 0. The van der Waals surface area contributed by atoms with E-state index in [1.165, 1.54) is 15.9 Å². The van der Waals surface area contributed by atoms with E-state index in [4.69, 9.17) is 14.6 Å². The van der Waals surface area contributed by atoms with Gasteiger partial charge in [0.1, 0.15) is 23.8 Å². The van der Waals surface area contributed by atoms with Crippen LogP contribution in [0.3, 0.4) is 0 Å². The molecule has 0 unspecified atom stereocenters. The molecule has 0 saturated heterocycles. The number of benzene rings is 3. The molecule has 0 amide bonds. The van der Waals surface area contributed by atoms with Gasteiger partial charge in [-0.1, -0.05) is 60.4 Å². The van der Waals surface area contributed by atoms with Gasteiger partial charge in [0.25, 0.3) is 5.56 Å². The molecule has 3 aromatic heterocycles. The molecule has 9 heteroatoms. The first-order valence-corrected chi connectivity index (χ1v) is 14.2. The zero-order chi connectivity index (χ0) is 28.9. The largest absolute Gasteiger partial charge is 0.494 e. The van der Waals surface area contributed by atoms with Crippen molar-refractivity contribution in [1.82, 2.24) is 24.4 Å². The van der Waals surface area contributed by atoms with Crippen LogP contribution >= 0.6 is 11.3 Å². The second kappa shape index (κ2) is 12.1. The Labute approximate surface area is 246 Å². The molecule has 0 aliphatic rings. The molecule has 0 aliphatic carbocycles. The molecule has 8 nitrogen and oxygen atoms in total. The summed E-state index contributed by atoms with van der Waals surface area (Å²) in [7, 11) is 0. The zero-order valence-electron chi connectivity index (χ0n) is 22.9. The summed E-state index contributed by atoms with van der Waals surface area (Å²) in [6.45, 7) is 6.70. The van der Waals surface area contributed by atoms with E-state index in [2.05, 4.69) is 16.7 Å². The number of para-hydroxylation sites is 1. The van der Waals surface area contributed by atoms with Gasteiger partial charge < -0.3 is 9.47 Å². The van der Waals surface area contributed by atoms with E-state index in [1.54, 1.807) is 12.2 Å². The average Bonchev–Trinajstić information content (AvgIpc) is 3.71. The number of thiazole rings is 1. The summed E-state index contributed by atoms with van der Waals surface area (Å²) in [4.78, 5) is 18.4. The van der Waals surface area contributed by atoms with Crippen LogP contribution in [-0.4, -0.2) is 37.6 Å². The third kappa shape index (κ3) is 5.77. The molecule has 6 aromatic rings. The predicted molar refractivity (Wildman–Crippen MR) is 167 cm³/mol. The number of hydrogen-bond acceptors (Lipinski definition) is 7. The van der Waals surface area contributed by atoms with Crippen molar-refractivity contribution in [3.05, 3.63) is 130 Å². The third-order valence-electron chi connectivity index (χ3n) is 6.36. The summed E-state index contributed by atoms with van der Waals surface area (Å²) in [6.07, 6.45) is 9.18. The van der Waals surface area contributed by atoms with E-state index < -0.39 is 0 Å². The fraction of sp³-hybridized carbons (Fsp3) is 0.0909. The molecule has 0 aliphatic heterocycles. The Morgan fingerprint density at radius 2 is 1.64 bits per heavy atom. The van der Waals surface area contributed by atoms with Gasteiger partial charge in [0.05, 0.1) is 16.8 Å². The zero-order valence-corrected chi connectivity index (χ0v) is 23.7. The minimum atomic E-state index is -0.227. The minimum absolute atomic E-state index is 0.227. The van der Waals surface area contributed by atoms with Gasteiger partial charge in [-0.2, -0.15) is 14.6 Å². The topological polar surface area (TPSA) is 83.5 Å². The number of aromatic nitrogens is 5. The van der Waals surface area contributed by atoms with Crippen LogP contribution in [0.5, 0.6) is 11.5 Å². The highest BCUT2D eigenvalue weighted by Crippen LogP contribution is 2.26. The smallest absolute Gasteiger partial charge is 0.291 e. The lowest BCUT2D eigenvalue weighted by Gasteiger charge is -2.04. The Kier molecular flexibility index (Phi) is 7.74. The predicted octanol–water partition coefficient (Wildman–Crippen LogP) is 5.69. The van der Waals surface area contributed by atoms with Crippen LogP contribution in [-0.2, 0) is 0 Å². The van der Waals surface area contributed by atoms with Gasteiger partial charge in [-0.3, -0.25) is 4.79 Å². The lowest BCUT2D eigenvalue weighted by Crippen LogP contribution is -2.23. The maximum absolute atomic E-state index is 13.3. The van der Waals surface area contributed by atoms with Crippen LogP contribution in [0, 0.1) is 0 Å². The molecular weight excluding hydrogens is 546 g/mol. The molecule has 0 bridgehead atoms. The normalized spacial score (nSPS) is 11.9. The maximum atomic E-state index is 13.3. The van der Waals surface area contributed by atoms with Gasteiger partial charge in [0, 0.05) is 17.3 Å². The van der Waals surface area contributed by atoms with Gasteiger partial charge in [-0.25, -0.2) is 4.68 Å². The van der Waals surface area contributed by atoms with E-state index >= 15 is 0 Å². The molecule has 3 aromatic carbocycles. The highest BCUT2D eigenvalue weighted by molar-refractivity contribution is 7.15. The lowest BCUT2D eigenvalue weighted by molar-refractivity contribution is 0.340. The molecule has 6 rings (SSSR count). The minimum Gasteiger partial charge on any atom is -0.494 e. The summed E-state index contributed by atoms with van der Waals surface area (Å²) in [6, 6.07) is 25.3. The van der Waals surface area contributed by atoms with Gasteiger partial charge >= 0.3 is 0 Å². The van der Waals surface area contributed by atoms with Crippen molar-refractivity contribution in [2.75, 3.05) is 13.2 Å². The molecule has 0 saturated carbocycles. The Bertz CT molecular complexity index is 1970. The first-order chi connectivity index (χ1) is 20.6. The quantitative estimate of drug-likeness (QED) is 0.196. The Balaban J connectivity index is 1.34. The fourth-order valence-corrected chi connectivity index (χ4v) is 5.27. The van der Waals surface area contributed by atoms with Crippen LogP contribution in [0.15, 0.2) is 103 Å². The Hall–Kier alpha value is -5.28. The van der Waals surface area contributed by atoms with Crippen molar-refractivity contribution in [3.63, 3.8) is 0 Å². The first kappa shape index (κ1) is 26.9. The molecule has 0 N–H and O–H groups in total. The van der Waals surface area contributed by atoms with E-state index in [-0.39, 0.29) is 5.56 Å². The van der Waals surface area contributed by atoms with E-state index in [0.29, 0.717) is 28.5 Å². The molecule has 0 atom stereocenters. The van der Waals surface area contributed by atoms with Crippen LogP contribution in [0.25, 0.3) is 40.1 Å². The second-order valence-corrected chi connectivity index (χ2v) is 10.3. The molecular formula is C33H27N5O3S. The standard InChI is InChI=1S/C33H27N5O3S/c1-3-20-41-28-17-13-24(14-18-28)31-25(22-37(36-31)26-8-6-5-7-9-26)21-29-32(39)38-33(42-29)34-30(35-38)19-12-23-10-15-27(16-11-23)40-4-2/h3,5-19,21-22H,1,4,20H2,2H3/b19-12+,29-21-. The highest BCUT2D eigenvalue weighted by atomic mass is 32.1. The van der Waals surface area contributed by atoms with Crippen LogP contribution < -0.4 is 19.6 Å². The molecule has 0 fully saturated rings. The number of rotatable bonds is 10. The Morgan fingerprint density at radius 3 is 2.36 bits per heavy atom. The summed E-state index contributed by atoms with van der Waals surface area (Å²) < 4.78 is 14.8.